The number of allylic oxidation sites excluding steroid dienone is 2. The van der Waals surface area contributed by atoms with Gasteiger partial charge in [-0.15, -0.1) is 0 Å². The highest BCUT2D eigenvalue weighted by atomic mass is 16.2. The highest BCUT2D eigenvalue weighted by Gasteiger charge is 2.67. The lowest BCUT2D eigenvalue weighted by molar-refractivity contribution is -0.149. The summed E-state index contributed by atoms with van der Waals surface area (Å²) in [6.07, 6.45) is 5.52. The van der Waals surface area contributed by atoms with Crippen LogP contribution in [0.5, 0.6) is 0 Å². The van der Waals surface area contributed by atoms with Gasteiger partial charge in [0.15, 0.2) is 0 Å². The lowest BCUT2D eigenvalue weighted by Gasteiger charge is -2.37. The molecule has 28 heavy (non-hydrogen) atoms. The average Bonchev–Trinajstić information content (AvgIpc) is 3.49. The second kappa shape index (κ2) is 5.53. The highest BCUT2D eigenvalue weighted by molar-refractivity contribution is 6.07. The Hall–Kier alpha value is -2.95. The number of carbonyl (C=O) groups excluding carboxylic acids is 3. The topological polar surface area (TPSA) is 66.5 Å². The van der Waals surface area contributed by atoms with Crippen LogP contribution in [0.3, 0.4) is 0 Å². The lowest BCUT2D eigenvalue weighted by atomic mass is 9.63. The molecule has 7 rings (SSSR count). The Bertz CT molecular complexity index is 1030. The number of hydrogen-bond donors (Lipinski definition) is 1. The van der Waals surface area contributed by atoms with Gasteiger partial charge in [-0.05, 0) is 46.4 Å². The molecule has 1 heterocycles. The van der Waals surface area contributed by atoms with Crippen LogP contribution in [-0.4, -0.2) is 22.7 Å². The molecule has 0 aromatic heterocycles. The van der Waals surface area contributed by atoms with Crippen molar-refractivity contribution in [3.05, 3.63) is 60.2 Å². The third-order valence-corrected chi connectivity index (χ3v) is 7.13. The van der Waals surface area contributed by atoms with E-state index in [4.69, 9.17) is 0 Å². The summed E-state index contributed by atoms with van der Waals surface area (Å²) in [5.74, 6) is 0.0684. The highest BCUT2D eigenvalue weighted by Crippen LogP contribution is 2.65. The summed E-state index contributed by atoms with van der Waals surface area (Å²) in [6.45, 7) is 0. The maximum atomic E-state index is 13.0. The predicted octanol–water partition coefficient (Wildman–Crippen LogP) is 2.47. The van der Waals surface area contributed by atoms with E-state index in [1.54, 1.807) is 0 Å². The first kappa shape index (κ1) is 16.0. The normalized spacial score (nSPS) is 34.5. The van der Waals surface area contributed by atoms with E-state index < -0.39 is 0 Å². The fourth-order valence-electron chi connectivity index (χ4n) is 5.85. The lowest BCUT2D eigenvalue weighted by Crippen LogP contribution is -2.47. The van der Waals surface area contributed by atoms with Gasteiger partial charge in [0.05, 0.1) is 18.3 Å². The van der Waals surface area contributed by atoms with E-state index in [9.17, 15) is 14.4 Å². The number of hydrazine groups is 1. The van der Waals surface area contributed by atoms with Crippen LogP contribution in [0.25, 0.3) is 10.8 Å². The molecule has 2 saturated carbocycles. The van der Waals surface area contributed by atoms with Crippen molar-refractivity contribution in [2.45, 2.75) is 12.8 Å². The minimum absolute atomic E-state index is 0.129. The second-order valence-corrected chi connectivity index (χ2v) is 8.52. The van der Waals surface area contributed by atoms with Crippen molar-refractivity contribution in [1.29, 1.82) is 0 Å². The van der Waals surface area contributed by atoms with Crippen molar-refractivity contribution < 1.29 is 14.4 Å². The van der Waals surface area contributed by atoms with Gasteiger partial charge in [-0.25, -0.2) is 0 Å². The van der Waals surface area contributed by atoms with Gasteiger partial charge in [-0.1, -0.05) is 54.6 Å². The molecule has 0 radical (unpaired) electrons. The molecule has 1 saturated heterocycles. The van der Waals surface area contributed by atoms with Crippen LogP contribution in [-0.2, 0) is 20.8 Å². The number of imide groups is 1. The predicted molar refractivity (Wildman–Crippen MR) is 102 cm³/mol. The number of benzene rings is 2. The Morgan fingerprint density at radius 2 is 1.57 bits per heavy atom. The number of nitrogens with one attached hydrogen (secondary N) is 1. The summed E-state index contributed by atoms with van der Waals surface area (Å²) in [5.41, 5.74) is 3.50. The van der Waals surface area contributed by atoms with Gasteiger partial charge in [0.2, 0.25) is 5.91 Å². The molecule has 1 aliphatic heterocycles. The SMILES string of the molecule is O=C(Cc1cccc2ccccc12)NN1C(=O)[C@H]2[C@@H]3C=C[C@H]([C@H]4C[C@H]34)[C@@H]2C1=O. The number of hydrogen-bond acceptors (Lipinski definition) is 3. The molecule has 3 fully saturated rings. The molecule has 1 N–H and O–H groups in total. The molecule has 2 bridgehead atoms. The van der Waals surface area contributed by atoms with Crippen molar-refractivity contribution in [3.63, 3.8) is 0 Å². The molecule has 3 amide bonds. The third kappa shape index (κ3) is 2.10. The minimum atomic E-state index is -0.331. The molecule has 2 aromatic rings. The van der Waals surface area contributed by atoms with Gasteiger partial charge in [0.1, 0.15) is 0 Å². The molecule has 0 spiro atoms. The molecule has 4 aliphatic carbocycles. The summed E-state index contributed by atoms with van der Waals surface area (Å²) < 4.78 is 0. The largest absolute Gasteiger partial charge is 0.273 e. The zero-order chi connectivity index (χ0) is 19.0. The van der Waals surface area contributed by atoms with Crippen LogP contribution in [0.1, 0.15) is 12.0 Å². The van der Waals surface area contributed by atoms with Gasteiger partial charge >= 0.3 is 0 Å². The van der Waals surface area contributed by atoms with Crippen LogP contribution in [0.15, 0.2) is 54.6 Å². The van der Waals surface area contributed by atoms with Gasteiger partial charge < -0.3 is 0 Å². The van der Waals surface area contributed by atoms with E-state index >= 15 is 0 Å². The first-order valence-electron chi connectivity index (χ1n) is 9.96. The summed E-state index contributed by atoms with van der Waals surface area (Å²) in [6, 6.07) is 13.7. The van der Waals surface area contributed by atoms with Crippen LogP contribution in [0.4, 0.5) is 0 Å². The number of amides is 3. The van der Waals surface area contributed by atoms with E-state index in [0.29, 0.717) is 11.8 Å². The van der Waals surface area contributed by atoms with Crippen molar-refractivity contribution >= 4 is 28.5 Å². The number of rotatable bonds is 3. The van der Waals surface area contributed by atoms with E-state index in [1.807, 2.05) is 42.5 Å². The minimum Gasteiger partial charge on any atom is -0.273 e. The monoisotopic (exact) mass is 372 g/mol. The number of fused-ring (bicyclic) bond motifs is 1. The maximum Gasteiger partial charge on any atom is 0.252 e. The number of carbonyl (C=O) groups is 3. The molecular formula is C23H20N2O3. The van der Waals surface area contributed by atoms with Crippen molar-refractivity contribution in [2.24, 2.45) is 35.5 Å². The van der Waals surface area contributed by atoms with E-state index in [-0.39, 0.29) is 47.8 Å². The first-order valence-corrected chi connectivity index (χ1v) is 9.96. The molecule has 5 heteroatoms. The molecule has 5 nitrogen and oxygen atoms in total. The zero-order valence-electron chi connectivity index (χ0n) is 15.2. The Kier molecular flexibility index (Phi) is 3.17. The van der Waals surface area contributed by atoms with Crippen LogP contribution >= 0.6 is 0 Å². The summed E-state index contributed by atoms with van der Waals surface area (Å²) in [4.78, 5) is 38.6. The van der Waals surface area contributed by atoms with E-state index in [0.717, 1.165) is 27.8 Å². The fraction of sp³-hybridized carbons (Fsp3) is 0.348. The summed E-state index contributed by atoms with van der Waals surface area (Å²) >= 11 is 0. The molecular weight excluding hydrogens is 352 g/mol. The van der Waals surface area contributed by atoms with Gasteiger partial charge in [-0.2, -0.15) is 5.01 Å². The van der Waals surface area contributed by atoms with Crippen molar-refractivity contribution in [3.8, 4) is 0 Å². The average molecular weight is 372 g/mol. The summed E-state index contributed by atoms with van der Waals surface area (Å²) in [7, 11) is 0. The van der Waals surface area contributed by atoms with Crippen LogP contribution in [0.2, 0.25) is 0 Å². The van der Waals surface area contributed by atoms with Gasteiger partial charge in [0.25, 0.3) is 11.8 Å². The third-order valence-electron chi connectivity index (χ3n) is 7.13. The van der Waals surface area contributed by atoms with E-state index in [1.165, 1.54) is 0 Å². The summed E-state index contributed by atoms with van der Waals surface area (Å²) in [5, 5.41) is 3.09. The Balaban J connectivity index is 1.23. The first-order chi connectivity index (χ1) is 13.6. The second-order valence-electron chi connectivity index (χ2n) is 8.52. The van der Waals surface area contributed by atoms with E-state index in [2.05, 4.69) is 17.6 Å². The molecule has 2 aromatic carbocycles. The Labute approximate surface area is 162 Å². The quantitative estimate of drug-likeness (QED) is 0.665. The number of nitrogens with zero attached hydrogens (tertiary/aromatic N) is 1. The Morgan fingerprint density at radius 1 is 0.929 bits per heavy atom. The molecule has 5 aliphatic rings. The molecule has 0 unspecified atom stereocenters. The smallest absolute Gasteiger partial charge is 0.252 e. The Morgan fingerprint density at radius 3 is 2.29 bits per heavy atom. The molecule has 140 valence electrons. The van der Waals surface area contributed by atoms with Gasteiger partial charge in [0, 0.05) is 0 Å². The van der Waals surface area contributed by atoms with Crippen molar-refractivity contribution in [1.82, 2.24) is 10.4 Å². The van der Waals surface area contributed by atoms with Crippen LogP contribution < -0.4 is 5.43 Å². The van der Waals surface area contributed by atoms with Crippen molar-refractivity contribution in [2.75, 3.05) is 0 Å². The zero-order valence-corrected chi connectivity index (χ0v) is 15.2. The standard InChI is InChI=1S/C23H20N2O3/c26-19(10-13-6-3-5-12-4-1-2-7-14(12)13)24-25-22(27)20-15-8-9-16(18-11-17(15)18)21(20)23(25)28/h1-9,15-18,20-21H,10-11H2,(H,24,26)/t15-,16-,17-,18-,20+,21+/m1/s1. The molecule has 6 atom stereocenters. The fourth-order valence-corrected chi connectivity index (χ4v) is 5.85. The van der Waals surface area contributed by atoms with Gasteiger partial charge in [-0.3, -0.25) is 19.8 Å². The maximum absolute atomic E-state index is 13.0. The van der Waals surface area contributed by atoms with Crippen LogP contribution in [0, 0.1) is 35.5 Å².